The molecule has 2 aliphatic rings. The lowest BCUT2D eigenvalue weighted by Gasteiger charge is -2.26. The number of fused-ring (bicyclic) bond motifs is 1. The Labute approximate surface area is 216 Å². The number of imidazole rings is 1. The molecular formula is C25H38N8O4. The van der Waals surface area contributed by atoms with E-state index in [0.29, 0.717) is 34.4 Å². The molecule has 0 aliphatic carbocycles. The van der Waals surface area contributed by atoms with Crippen LogP contribution >= 0.6 is 0 Å². The molecule has 37 heavy (non-hydrogen) atoms. The Morgan fingerprint density at radius 2 is 1.89 bits per heavy atom. The van der Waals surface area contributed by atoms with Crippen LogP contribution in [0.25, 0.3) is 11.2 Å². The van der Waals surface area contributed by atoms with Crippen LogP contribution in [0, 0.1) is 6.92 Å². The van der Waals surface area contributed by atoms with Crippen molar-refractivity contribution in [3.63, 3.8) is 0 Å². The van der Waals surface area contributed by atoms with Crippen molar-refractivity contribution in [1.82, 2.24) is 29.6 Å². The Kier molecular flexibility index (Phi) is 7.89. The van der Waals surface area contributed by atoms with Gasteiger partial charge in [-0.3, -0.25) is 4.57 Å². The number of aliphatic hydroxyl groups is 2. The summed E-state index contributed by atoms with van der Waals surface area (Å²) in [7, 11) is 0. The molecule has 2 saturated heterocycles. The fourth-order valence-electron chi connectivity index (χ4n) is 5.12. The van der Waals surface area contributed by atoms with E-state index >= 15 is 0 Å². The van der Waals surface area contributed by atoms with Gasteiger partial charge in [-0.15, -0.1) is 0 Å². The molecule has 4 atom stereocenters. The van der Waals surface area contributed by atoms with Crippen LogP contribution in [0.5, 0.6) is 0 Å². The van der Waals surface area contributed by atoms with Crippen LogP contribution < -0.4 is 10.6 Å². The van der Waals surface area contributed by atoms with E-state index in [1.165, 1.54) is 19.3 Å². The van der Waals surface area contributed by atoms with E-state index in [1.807, 2.05) is 0 Å². The maximum atomic E-state index is 10.9. The van der Waals surface area contributed by atoms with E-state index in [0.717, 1.165) is 39.0 Å². The van der Waals surface area contributed by atoms with Crippen LogP contribution in [-0.2, 0) is 4.74 Å². The predicted octanol–water partition coefficient (Wildman–Crippen LogP) is 2.61. The number of anilines is 2. The van der Waals surface area contributed by atoms with Crippen molar-refractivity contribution < 1.29 is 19.5 Å². The fraction of sp³-hybridized carbons (Fsp3) is 0.680. The third kappa shape index (κ3) is 5.42. The molecule has 0 saturated carbocycles. The van der Waals surface area contributed by atoms with E-state index in [-0.39, 0.29) is 6.04 Å². The molecule has 0 radical (unpaired) electrons. The molecule has 3 aromatic rings. The summed E-state index contributed by atoms with van der Waals surface area (Å²) in [6.45, 7) is 9.94. The molecule has 4 N–H and O–H groups in total. The zero-order chi connectivity index (χ0) is 25.9. The van der Waals surface area contributed by atoms with Crippen molar-refractivity contribution in [1.29, 1.82) is 0 Å². The minimum Gasteiger partial charge on any atom is -0.387 e. The maximum Gasteiger partial charge on any atom is 0.226 e. The van der Waals surface area contributed by atoms with Gasteiger partial charge in [-0.25, -0.2) is 4.98 Å². The summed E-state index contributed by atoms with van der Waals surface area (Å²) in [5.41, 5.74) is 1.76. The molecule has 12 heteroatoms. The lowest BCUT2D eigenvalue weighted by atomic mass is 10.1. The number of aliphatic hydroxyl groups excluding tert-OH is 2. The summed E-state index contributed by atoms with van der Waals surface area (Å²) >= 11 is 0. The first kappa shape index (κ1) is 25.8. The van der Waals surface area contributed by atoms with E-state index in [9.17, 15) is 10.2 Å². The highest BCUT2D eigenvalue weighted by molar-refractivity contribution is 5.84. The SMILES string of the molecule is CCC(CC)Nc1nc(NCCN2CCCCC2)nc2c1ncn2[C@@H]1O[C@H](c2cc(C)no2)[C@@H](O)[C@H]1O. The van der Waals surface area contributed by atoms with Crippen molar-refractivity contribution in [3.8, 4) is 0 Å². The highest BCUT2D eigenvalue weighted by Crippen LogP contribution is 2.40. The molecule has 0 bridgehead atoms. The standard InChI is InChI=1S/C25H38N8O4/c1-4-16(5-2)28-22-18-23(30-25(29-22)26-9-12-32-10-7-6-8-11-32)33(14-27-18)24-20(35)19(34)21(36-24)17-13-15(3)31-37-17/h13-14,16,19-21,24,34-35H,4-12H2,1-3H3,(H2,26,28,29,30)/t19-,20+,21+,24+/m0/s1. The summed E-state index contributed by atoms with van der Waals surface area (Å²) in [5.74, 6) is 1.48. The van der Waals surface area contributed by atoms with Crippen molar-refractivity contribution in [2.75, 3.05) is 36.8 Å². The number of aromatic nitrogens is 5. The molecule has 3 aromatic heterocycles. The zero-order valence-corrected chi connectivity index (χ0v) is 21.8. The number of aryl methyl sites for hydroxylation is 1. The van der Waals surface area contributed by atoms with Gasteiger partial charge in [0.05, 0.1) is 12.0 Å². The average Bonchev–Trinajstić information content (AvgIpc) is 3.61. The van der Waals surface area contributed by atoms with Gasteiger partial charge in [-0.2, -0.15) is 9.97 Å². The Balaban J connectivity index is 1.43. The monoisotopic (exact) mass is 514 g/mol. The second kappa shape index (κ2) is 11.3. The average molecular weight is 515 g/mol. The minimum atomic E-state index is -1.21. The highest BCUT2D eigenvalue weighted by Gasteiger charge is 2.47. The van der Waals surface area contributed by atoms with Gasteiger partial charge in [0.25, 0.3) is 0 Å². The summed E-state index contributed by atoms with van der Waals surface area (Å²) in [4.78, 5) is 16.5. The highest BCUT2D eigenvalue weighted by atomic mass is 16.6. The number of hydrogen-bond acceptors (Lipinski definition) is 11. The Bertz CT molecular complexity index is 1170. The van der Waals surface area contributed by atoms with Crippen LogP contribution in [0.15, 0.2) is 16.9 Å². The number of hydrogen-bond donors (Lipinski definition) is 4. The van der Waals surface area contributed by atoms with Gasteiger partial charge in [-0.1, -0.05) is 25.4 Å². The van der Waals surface area contributed by atoms with E-state index < -0.39 is 24.5 Å². The van der Waals surface area contributed by atoms with Gasteiger partial charge in [-0.05, 0) is 45.7 Å². The van der Waals surface area contributed by atoms with Crippen molar-refractivity contribution in [2.24, 2.45) is 0 Å². The maximum absolute atomic E-state index is 10.9. The molecule has 2 fully saturated rings. The molecule has 0 unspecified atom stereocenters. The number of ether oxygens (including phenoxy) is 1. The quantitative estimate of drug-likeness (QED) is 0.316. The minimum absolute atomic E-state index is 0.235. The largest absolute Gasteiger partial charge is 0.387 e. The third-order valence-electron chi connectivity index (χ3n) is 7.35. The lowest BCUT2D eigenvalue weighted by molar-refractivity contribution is -0.0433. The first-order chi connectivity index (χ1) is 18.0. The summed E-state index contributed by atoms with van der Waals surface area (Å²) in [6.07, 6.45) is 3.07. The number of piperidine rings is 1. The first-order valence-corrected chi connectivity index (χ1v) is 13.4. The topological polar surface area (TPSA) is 147 Å². The third-order valence-corrected chi connectivity index (χ3v) is 7.35. The number of likely N-dealkylation sites (tertiary alicyclic amines) is 1. The zero-order valence-electron chi connectivity index (χ0n) is 21.8. The van der Waals surface area contributed by atoms with Crippen LogP contribution in [0.4, 0.5) is 11.8 Å². The van der Waals surface area contributed by atoms with Crippen LogP contribution in [0.3, 0.4) is 0 Å². The van der Waals surface area contributed by atoms with Crippen molar-refractivity contribution in [3.05, 3.63) is 23.8 Å². The van der Waals surface area contributed by atoms with E-state index in [2.05, 4.69) is 39.5 Å². The number of nitrogens with zero attached hydrogens (tertiary/aromatic N) is 6. The first-order valence-electron chi connectivity index (χ1n) is 13.4. The number of rotatable bonds is 10. The van der Waals surface area contributed by atoms with Gasteiger partial charge in [0, 0.05) is 25.2 Å². The van der Waals surface area contributed by atoms with E-state index in [4.69, 9.17) is 19.2 Å². The molecular weight excluding hydrogens is 476 g/mol. The van der Waals surface area contributed by atoms with E-state index in [1.54, 1.807) is 23.9 Å². The molecule has 5 heterocycles. The Morgan fingerprint density at radius 1 is 1.11 bits per heavy atom. The smallest absolute Gasteiger partial charge is 0.226 e. The molecule has 12 nitrogen and oxygen atoms in total. The molecule has 202 valence electrons. The van der Waals surface area contributed by atoms with Crippen LogP contribution in [0.2, 0.25) is 0 Å². The fourth-order valence-corrected chi connectivity index (χ4v) is 5.12. The second-order valence-corrected chi connectivity index (χ2v) is 10.0. The summed E-state index contributed by atoms with van der Waals surface area (Å²) < 4.78 is 13.0. The Morgan fingerprint density at radius 3 is 2.59 bits per heavy atom. The van der Waals surface area contributed by atoms with Crippen LogP contribution in [-0.4, -0.2) is 84.2 Å². The van der Waals surface area contributed by atoms with Gasteiger partial charge < -0.3 is 35.0 Å². The van der Waals surface area contributed by atoms with Gasteiger partial charge in [0.2, 0.25) is 5.95 Å². The molecule has 0 amide bonds. The lowest BCUT2D eigenvalue weighted by Crippen LogP contribution is -2.34. The second-order valence-electron chi connectivity index (χ2n) is 10.0. The van der Waals surface area contributed by atoms with Gasteiger partial charge in [0.15, 0.2) is 29.0 Å². The van der Waals surface area contributed by atoms with Gasteiger partial charge >= 0.3 is 0 Å². The summed E-state index contributed by atoms with van der Waals surface area (Å²) in [5, 5.41) is 32.4. The molecule has 0 aromatic carbocycles. The molecule has 5 rings (SSSR count). The summed E-state index contributed by atoms with van der Waals surface area (Å²) in [6, 6.07) is 1.93. The molecule has 0 spiro atoms. The van der Waals surface area contributed by atoms with Gasteiger partial charge in [0.1, 0.15) is 18.3 Å². The van der Waals surface area contributed by atoms with Crippen molar-refractivity contribution >= 4 is 22.9 Å². The van der Waals surface area contributed by atoms with Crippen LogP contribution in [0.1, 0.15) is 69.7 Å². The van der Waals surface area contributed by atoms with Crippen molar-refractivity contribution in [2.45, 2.75) is 83.5 Å². The molecule has 2 aliphatic heterocycles. The number of nitrogens with one attached hydrogen (secondary N) is 2. The predicted molar refractivity (Wildman–Crippen MR) is 138 cm³/mol. The normalized spacial score (nSPS) is 24.8. The Hall–Kier alpha value is -2.80.